The monoisotopic (exact) mass is 187 g/mol. The summed E-state index contributed by atoms with van der Waals surface area (Å²) < 4.78 is 5.33. The molecule has 2 nitrogen and oxygen atoms in total. The van der Waals surface area contributed by atoms with E-state index in [-0.39, 0.29) is 12.4 Å². The smallest absolute Gasteiger partial charge is 0.108 e. The first kappa shape index (κ1) is 9.62. The van der Waals surface area contributed by atoms with E-state index in [1.165, 1.54) is 12.8 Å². The van der Waals surface area contributed by atoms with Gasteiger partial charge in [-0.05, 0) is 31.5 Å². The molecule has 0 aromatic carbocycles. The van der Waals surface area contributed by atoms with E-state index in [1.807, 2.05) is 6.07 Å². The van der Waals surface area contributed by atoms with Crippen molar-refractivity contribution in [1.82, 2.24) is 5.32 Å². The van der Waals surface area contributed by atoms with Crippen LogP contribution in [0.5, 0.6) is 0 Å². The summed E-state index contributed by atoms with van der Waals surface area (Å²) >= 11 is 0. The highest BCUT2D eigenvalue weighted by Crippen LogP contribution is 2.22. The third kappa shape index (κ3) is 2.02. The number of hydrogen-bond acceptors (Lipinski definition) is 2. The number of piperidine rings is 1. The maximum atomic E-state index is 5.33. The van der Waals surface area contributed by atoms with Crippen LogP contribution in [0, 0.1) is 0 Å². The summed E-state index contributed by atoms with van der Waals surface area (Å²) in [5.41, 5.74) is 0. The third-order valence-electron chi connectivity index (χ3n) is 2.24. The van der Waals surface area contributed by atoms with Crippen LogP contribution >= 0.6 is 12.4 Å². The van der Waals surface area contributed by atoms with Crippen LogP contribution in [0.2, 0.25) is 0 Å². The lowest BCUT2D eigenvalue weighted by Gasteiger charge is -2.20. The zero-order valence-corrected chi connectivity index (χ0v) is 7.77. The lowest BCUT2D eigenvalue weighted by molar-refractivity contribution is 0.388. The first-order chi connectivity index (χ1) is 5.47. The standard InChI is InChI=1S/C9H13NO.ClH/c1-3-8(7-10-5-1)9-4-2-6-11-9;/h2,4,6,8,10H,1,3,5,7H2;1H. The SMILES string of the molecule is Cl.c1coc(C2CCCNC2)c1. The quantitative estimate of drug-likeness (QED) is 0.729. The Labute approximate surface area is 78.7 Å². The Morgan fingerprint density at radius 3 is 3.00 bits per heavy atom. The minimum Gasteiger partial charge on any atom is -0.469 e. The van der Waals surface area contributed by atoms with Crippen molar-refractivity contribution < 1.29 is 4.42 Å². The predicted molar refractivity (Wildman–Crippen MR) is 50.8 cm³/mol. The van der Waals surface area contributed by atoms with E-state index in [2.05, 4.69) is 11.4 Å². The second-order valence-electron chi connectivity index (χ2n) is 3.06. The fourth-order valence-electron chi connectivity index (χ4n) is 1.62. The highest BCUT2D eigenvalue weighted by atomic mass is 35.5. The van der Waals surface area contributed by atoms with Crippen LogP contribution in [0.4, 0.5) is 0 Å². The Kier molecular flexibility index (Phi) is 3.63. The molecule has 0 spiro atoms. The second kappa shape index (κ2) is 4.53. The van der Waals surface area contributed by atoms with Gasteiger partial charge in [0.2, 0.25) is 0 Å². The first-order valence-electron chi connectivity index (χ1n) is 4.21. The molecule has 1 saturated heterocycles. The molecular formula is C9H14ClNO. The molecule has 0 radical (unpaired) electrons. The fourth-order valence-corrected chi connectivity index (χ4v) is 1.62. The molecule has 0 amide bonds. The molecule has 1 N–H and O–H groups in total. The van der Waals surface area contributed by atoms with Crippen molar-refractivity contribution in [2.24, 2.45) is 0 Å². The summed E-state index contributed by atoms with van der Waals surface area (Å²) in [7, 11) is 0. The van der Waals surface area contributed by atoms with Crippen LogP contribution < -0.4 is 5.32 Å². The largest absolute Gasteiger partial charge is 0.469 e. The van der Waals surface area contributed by atoms with Gasteiger partial charge in [-0.15, -0.1) is 12.4 Å². The minimum atomic E-state index is 0. The Balaban J connectivity index is 0.000000720. The molecule has 0 aliphatic carbocycles. The lowest BCUT2D eigenvalue weighted by Crippen LogP contribution is -2.28. The molecule has 3 heteroatoms. The van der Waals surface area contributed by atoms with Gasteiger partial charge in [-0.25, -0.2) is 0 Å². The van der Waals surface area contributed by atoms with Crippen molar-refractivity contribution in [3.05, 3.63) is 24.2 Å². The molecule has 12 heavy (non-hydrogen) atoms. The van der Waals surface area contributed by atoms with E-state index < -0.39 is 0 Å². The maximum absolute atomic E-state index is 5.33. The van der Waals surface area contributed by atoms with Crippen LogP contribution in [0.3, 0.4) is 0 Å². The molecule has 2 heterocycles. The molecule has 0 saturated carbocycles. The van der Waals surface area contributed by atoms with E-state index in [0.717, 1.165) is 18.8 Å². The highest BCUT2D eigenvalue weighted by Gasteiger charge is 2.16. The van der Waals surface area contributed by atoms with Gasteiger partial charge in [-0.3, -0.25) is 0 Å². The number of furan rings is 1. The molecule has 1 aromatic rings. The Bertz CT molecular complexity index is 204. The summed E-state index contributed by atoms with van der Waals surface area (Å²) in [4.78, 5) is 0. The first-order valence-corrected chi connectivity index (χ1v) is 4.21. The van der Waals surface area contributed by atoms with Crippen molar-refractivity contribution >= 4 is 12.4 Å². The van der Waals surface area contributed by atoms with Crippen LogP contribution in [-0.2, 0) is 0 Å². The summed E-state index contributed by atoms with van der Waals surface area (Å²) in [5.74, 6) is 1.75. The van der Waals surface area contributed by atoms with Crippen molar-refractivity contribution in [3.8, 4) is 0 Å². The van der Waals surface area contributed by atoms with Gasteiger partial charge in [-0.2, -0.15) is 0 Å². The van der Waals surface area contributed by atoms with Gasteiger partial charge in [0.25, 0.3) is 0 Å². The van der Waals surface area contributed by atoms with E-state index in [9.17, 15) is 0 Å². The van der Waals surface area contributed by atoms with Gasteiger partial charge < -0.3 is 9.73 Å². The van der Waals surface area contributed by atoms with Crippen LogP contribution in [0.25, 0.3) is 0 Å². The molecular weight excluding hydrogens is 174 g/mol. The molecule has 1 fully saturated rings. The number of hydrogen-bond donors (Lipinski definition) is 1. The summed E-state index contributed by atoms with van der Waals surface area (Å²) in [6.45, 7) is 2.24. The van der Waals surface area contributed by atoms with Gasteiger partial charge in [0, 0.05) is 12.5 Å². The Hall–Kier alpha value is -0.470. The molecule has 1 atom stereocenters. The molecule has 0 bridgehead atoms. The van der Waals surface area contributed by atoms with Crippen LogP contribution in [0.1, 0.15) is 24.5 Å². The topological polar surface area (TPSA) is 25.2 Å². The lowest BCUT2D eigenvalue weighted by atomic mass is 9.97. The molecule has 2 rings (SSSR count). The van der Waals surface area contributed by atoms with E-state index >= 15 is 0 Å². The van der Waals surface area contributed by atoms with Crippen molar-refractivity contribution in [2.75, 3.05) is 13.1 Å². The van der Waals surface area contributed by atoms with Crippen molar-refractivity contribution in [3.63, 3.8) is 0 Å². The average molecular weight is 188 g/mol. The highest BCUT2D eigenvalue weighted by molar-refractivity contribution is 5.85. The van der Waals surface area contributed by atoms with Gasteiger partial charge in [0.15, 0.2) is 0 Å². The van der Waals surface area contributed by atoms with Gasteiger partial charge in [-0.1, -0.05) is 0 Å². The van der Waals surface area contributed by atoms with Gasteiger partial charge >= 0.3 is 0 Å². The van der Waals surface area contributed by atoms with Gasteiger partial charge in [0.05, 0.1) is 6.26 Å². The molecule has 68 valence electrons. The van der Waals surface area contributed by atoms with Crippen LogP contribution in [0.15, 0.2) is 22.8 Å². The Morgan fingerprint density at radius 2 is 2.42 bits per heavy atom. The third-order valence-corrected chi connectivity index (χ3v) is 2.24. The number of halogens is 1. The maximum Gasteiger partial charge on any atom is 0.108 e. The molecule has 1 aliphatic rings. The molecule has 1 aromatic heterocycles. The fraction of sp³-hybridized carbons (Fsp3) is 0.556. The summed E-state index contributed by atoms with van der Waals surface area (Å²) in [6.07, 6.45) is 4.29. The minimum absolute atomic E-state index is 0. The van der Waals surface area contributed by atoms with E-state index in [1.54, 1.807) is 6.26 Å². The Morgan fingerprint density at radius 1 is 1.50 bits per heavy atom. The van der Waals surface area contributed by atoms with E-state index in [4.69, 9.17) is 4.42 Å². The van der Waals surface area contributed by atoms with Gasteiger partial charge in [0.1, 0.15) is 5.76 Å². The van der Waals surface area contributed by atoms with E-state index in [0.29, 0.717) is 5.92 Å². The van der Waals surface area contributed by atoms with Crippen molar-refractivity contribution in [1.29, 1.82) is 0 Å². The number of rotatable bonds is 1. The zero-order valence-electron chi connectivity index (χ0n) is 6.95. The second-order valence-corrected chi connectivity index (χ2v) is 3.06. The summed E-state index contributed by atoms with van der Waals surface area (Å²) in [5, 5.41) is 3.36. The molecule has 1 unspecified atom stereocenters. The normalized spacial score (nSPS) is 23.2. The zero-order chi connectivity index (χ0) is 7.52. The van der Waals surface area contributed by atoms with Crippen LogP contribution in [-0.4, -0.2) is 13.1 Å². The summed E-state index contributed by atoms with van der Waals surface area (Å²) in [6, 6.07) is 4.03. The number of nitrogens with one attached hydrogen (secondary N) is 1. The molecule has 1 aliphatic heterocycles. The predicted octanol–water partition coefficient (Wildman–Crippen LogP) is 2.17. The van der Waals surface area contributed by atoms with Crippen molar-refractivity contribution in [2.45, 2.75) is 18.8 Å². The average Bonchev–Trinajstić information content (AvgIpc) is 2.58.